The van der Waals surface area contributed by atoms with E-state index in [2.05, 4.69) is 10.2 Å². The molecule has 2 heterocycles. The van der Waals surface area contributed by atoms with E-state index in [9.17, 15) is 9.59 Å². The Labute approximate surface area is 222 Å². The van der Waals surface area contributed by atoms with Gasteiger partial charge in [0, 0.05) is 38.5 Å². The molecule has 0 radical (unpaired) electrons. The van der Waals surface area contributed by atoms with E-state index in [1.165, 1.54) is 17.7 Å². The summed E-state index contributed by atoms with van der Waals surface area (Å²) in [5, 5.41) is 4.30. The van der Waals surface area contributed by atoms with Gasteiger partial charge in [-0.25, -0.2) is 4.79 Å². The summed E-state index contributed by atoms with van der Waals surface area (Å²) in [5.41, 5.74) is -0.208. The predicted octanol–water partition coefficient (Wildman–Crippen LogP) is 5.24. The molecule has 0 aromatic heterocycles. The zero-order chi connectivity index (χ0) is 25.3. The highest BCUT2D eigenvalue weighted by Crippen LogP contribution is 2.42. The van der Waals surface area contributed by atoms with E-state index in [0.717, 1.165) is 44.0 Å². The molecule has 36 heavy (non-hydrogen) atoms. The van der Waals surface area contributed by atoms with Crippen LogP contribution in [-0.2, 0) is 4.79 Å². The molecule has 1 aliphatic carbocycles. The zero-order valence-corrected chi connectivity index (χ0v) is 22.1. The number of hydrogen-bond donors (Lipinski definition) is 1. The first kappa shape index (κ1) is 25.5. The quantitative estimate of drug-likeness (QED) is 0.531. The van der Waals surface area contributed by atoms with Crippen molar-refractivity contribution in [1.29, 1.82) is 0 Å². The van der Waals surface area contributed by atoms with Gasteiger partial charge in [-0.3, -0.25) is 9.69 Å². The first-order valence-corrected chi connectivity index (χ1v) is 13.6. The number of piperidine rings is 1. The van der Waals surface area contributed by atoms with Crippen LogP contribution >= 0.6 is 23.2 Å². The maximum atomic E-state index is 14.4. The van der Waals surface area contributed by atoms with Crippen LogP contribution in [0.15, 0.2) is 48.5 Å². The molecule has 3 fully saturated rings. The number of ketones is 1. The highest BCUT2D eigenvalue weighted by Gasteiger charge is 2.56. The molecule has 0 bridgehead atoms. The third-order valence-electron chi connectivity index (χ3n) is 8.08. The van der Waals surface area contributed by atoms with Crippen molar-refractivity contribution in [2.24, 2.45) is 11.8 Å². The van der Waals surface area contributed by atoms with Crippen LogP contribution in [0.5, 0.6) is 5.75 Å². The van der Waals surface area contributed by atoms with Gasteiger partial charge in [-0.15, -0.1) is 0 Å². The topological polar surface area (TPSA) is 61.9 Å². The van der Waals surface area contributed by atoms with Crippen molar-refractivity contribution < 1.29 is 14.3 Å². The fourth-order valence-corrected chi connectivity index (χ4v) is 6.12. The number of para-hydroxylation sites is 1. The van der Waals surface area contributed by atoms with E-state index in [0.29, 0.717) is 28.9 Å². The molecule has 1 N–H and O–H groups in total. The number of Topliss-reactive ketones (excluding diaryl/α,β-unsaturated/α-hetero) is 1. The van der Waals surface area contributed by atoms with Gasteiger partial charge in [0.05, 0.1) is 10.0 Å². The van der Waals surface area contributed by atoms with Crippen molar-refractivity contribution in [3.05, 3.63) is 64.1 Å². The summed E-state index contributed by atoms with van der Waals surface area (Å²) in [6.07, 6.45) is 3.72. The summed E-state index contributed by atoms with van der Waals surface area (Å²) in [6, 6.07) is 14.4. The number of likely N-dealkylation sites (tertiary alicyclic amines) is 1. The molecule has 2 aromatic rings. The second-order valence-electron chi connectivity index (χ2n) is 10.4. The summed E-state index contributed by atoms with van der Waals surface area (Å²) in [4.78, 5) is 31.9. The van der Waals surface area contributed by atoms with Crippen molar-refractivity contribution >= 4 is 35.1 Å². The summed E-state index contributed by atoms with van der Waals surface area (Å²) in [6.45, 7) is 3.90. The van der Waals surface area contributed by atoms with Gasteiger partial charge >= 0.3 is 6.09 Å². The van der Waals surface area contributed by atoms with E-state index in [1.807, 2.05) is 30.3 Å². The molecule has 2 atom stereocenters. The van der Waals surface area contributed by atoms with Gasteiger partial charge in [-0.1, -0.05) is 47.5 Å². The van der Waals surface area contributed by atoms with Gasteiger partial charge < -0.3 is 15.0 Å². The Balaban J connectivity index is 1.44. The fourth-order valence-electron chi connectivity index (χ4n) is 5.82. The minimum atomic E-state index is -1.09. The maximum Gasteiger partial charge on any atom is 0.415 e. The van der Waals surface area contributed by atoms with Crippen LogP contribution in [0.1, 0.15) is 37.2 Å². The number of carbonyl (C=O) groups is 2. The molecule has 1 amide bonds. The normalized spacial score (nSPS) is 25.0. The van der Waals surface area contributed by atoms with Crippen LogP contribution in [-0.4, -0.2) is 67.0 Å². The first-order valence-electron chi connectivity index (χ1n) is 12.8. The van der Waals surface area contributed by atoms with Crippen LogP contribution in [0.25, 0.3) is 0 Å². The molecule has 0 unspecified atom stereocenters. The molecule has 0 spiro atoms. The van der Waals surface area contributed by atoms with Gasteiger partial charge in [0.1, 0.15) is 11.3 Å². The first-order chi connectivity index (χ1) is 17.4. The lowest BCUT2D eigenvalue weighted by molar-refractivity contribution is -0.135. The second kappa shape index (κ2) is 10.7. The standard InChI is InChI=1S/C28H33Cl2N3O3/c1-32(27(35)36-22-5-3-2-4-6-22)28(18-31-16-23(28)21-9-10-24(29)25(30)15-21)26(34)20-11-13-33(14-12-20)17-19-7-8-19/h2-6,9-10,15,19-20,23,31H,7-8,11-14,16-18H2,1H3/t23-,28+/m1/s1. The minimum Gasteiger partial charge on any atom is -0.410 e. The monoisotopic (exact) mass is 529 g/mol. The SMILES string of the molecule is CN(C(=O)Oc1ccccc1)[C@@]1(C(=O)C2CCN(CC3CC3)CC2)CNC[C@@H]1c1ccc(Cl)c(Cl)c1. The lowest BCUT2D eigenvalue weighted by atomic mass is 9.72. The van der Waals surface area contributed by atoms with E-state index >= 15 is 0 Å². The van der Waals surface area contributed by atoms with Gasteiger partial charge in [0.15, 0.2) is 5.78 Å². The molecule has 192 valence electrons. The Morgan fingerprint density at radius 2 is 1.78 bits per heavy atom. The van der Waals surface area contributed by atoms with Crippen molar-refractivity contribution in [2.45, 2.75) is 37.1 Å². The van der Waals surface area contributed by atoms with E-state index < -0.39 is 11.6 Å². The number of amides is 1. The average Bonchev–Trinajstić information content (AvgIpc) is 3.60. The van der Waals surface area contributed by atoms with E-state index in [-0.39, 0.29) is 17.6 Å². The Morgan fingerprint density at radius 1 is 1.06 bits per heavy atom. The lowest BCUT2D eigenvalue weighted by Crippen LogP contribution is -2.62. The highest BCUT2D eigenvalue weighted by molar-refractivity contribution is 6.42. The number of hydrogen-bond acceptors (Lipinski definition) is 5. The largest absolute Gasteiger partial charge is 0.415 e. The van der Waals surface area contributed by atoms with Crippen LogP contribution in [0.4, 0.5) is 4.79 Å². The smallest absolute Gasteiger partial charge is 0.410 e. The summed E-state index contributed by atoms with van der Waals surface area (Å²) < 4.78 is 5.70. The lowest BCUT2D eigenvalue weighted by Gasteiger charge is -2.44. The van der Waals surface area contributed by atoms with Crippen LogP contribution in [0, 0.1) is 11.8 Å². The fraction of sp³-hybridized carbons (Fsp3) is 0.500. The minimum absolute atomic E-state index is 0.0992. The highest BCUT2D eigenvalue weighted by atomic mass is 35.5. The van der Waals surface area contributed by atoms with Crippen LogP contribution in [0.2, 0.25) is 10.0 Å². The van der Waals surface area contributed by atoms with Crippen molar-refractivity contribution in [2.75, 3.05) is 39.8 Å². The summed E-state index contributed by atoms with van der Waals surface area (Å²) in [7, 11) is 1.68. The third kappa shape index (κ3) is 5.14. The average molecular weight is 530 g/mol. The number of nitrogens with one attached hydrogen (secondary N) is 1. The Kier molecular flexibility index (Phi) is 7.59. The summed E-state index contributed by atoms with van der Waals surface area (Å²) >= 11 is 12.6. The molecule has 2 aromatic carbocycles. The molecule has 5 rings (SSSR count). The number of halogens is 2. The van der Waals surface area contributed by atoms with Crippen LogP contribution in [0.3, 0.4) is 0 Å². The number of carbonyl (C=O) groups excluding carboxylic acids is 2. The van der Waals surface area contributed by atoms with E-state index in [4.69, 9.17) is 27.9 Å². The number of ether oxygens (including phenoxy) is 1. The molecule has 6 nitrogen and oxygen atoms in total. The van der Waals surface area contributed by atoms with Gasteiger partial charge in [0.2, 0.25) is 0 Å². The molecule has 2 saturated heterocycles. The van der Waals surface area contributed by atoms with Crippen molar-refractivity contribution in [1.82, 2.24) is 15.1 Å². The van der Waals surface area contributed by atoms with Crippen LogP contribution < -0.4 is 10.1 Å². The maximum absolute atomic E-state index is 14.4. The van der Waals surface area contributed by atoms with Gasteiger partial charge in [0.25, 0.3) is 0 Å². The summed E-state index contributed by atoms with van der Waals surface area (Å²) in [5.74, 6) is 0.986. The second-order valence-corrected chi connectivity index (χ2v) is 11.2. The number of rotatable bonds is 7. The Morgan fingerprint density at radius 3 is 2.44 bits per heavy atom. The van der Waals surface area contributed by atoms with Crippen molar-refractivity contribution in [3.63, 3.8) is 0 Å². The number of likely N-dealkylation sites (N-methyl/N-ethyl adjacent to an activating group) is 1. The Bertz CT molecular complexity index is 1100. The van der Waals surface area contributed by atoms with Crippen molar-refractivity contribution in [3.8, 4) is 5.75 Å². The molecular weight excluding hydrogens is 497 g/mol. The molecule has 2 aliphatic heterocycles. The molecule has 3 aliphatic rings. The molecule has 8 heteroatoms. The van der Waals surface area contributed by atoms with Gasteiger partial charge in [-0.05, 0) is 74.5 Å². The molecular formula is C28H33Cl2N3O3. The van der Waals surface area contributed by atoms with E-state index in [1.54, 1.807) is 25.2 Å². The van der Waals surface area contributed by atoms with Gasteiger partial charge in [-0.2, -0.15) is 0 Å². The Hall–Kier alpha value is -2.12. The predicted molar refractivity (Wildman–Crippen MR) is 142 cm³/mol. The molecule has 1 saturated carbocycles. The number of benzene rings is 2. The zero-order valence-electron chi connectivity index (χ0n) is 20.6. The number of nitrogens with zero attached hydrogens (tertiary/aromatic N) is 2. The third-order valence-corrected chi connectivity index (χ3v) is 8.82.